The minimum absolute atomic E-state index is 0.0387. The molecule has 2 aliphatic rings. The highest BCUT2D eigenvalue weighted by atomic mass is 32.2. The number of unbranched alkanes of at least 4 members (excludes halogenated alkanes) is 1. The molecule has 2 bridgehead atoms. The van der Waals surface area contributed by atoms with Crippen molar-refractivity contribution >= 4 is 22.0 Å². The highest BCUT2D eigenvalue weighted by Gasteiger charge is 2.67. The maximum Gasteiger partial charge on any atom is 0.265 e. The van der Waals surface area contributed by atoms with Crippen LogP contribution in [0.5, 0.6) is 11.5 Å². The Bertz CT molecular complexity index is 931. The molecule has 2 aliphatic carbocycles. The van der Waals surface area contributed by atoms with E-state index in [1.54, 1.807) is 7.11 Å². The minimum atomic E-state index is -4.26. The third-order valence-corrected chi connectivity index (χ3v) is 7.59. The number of ether oxygens (including phenoxy) is 2. The van der Waals surface area contributed by atoms with Crippen LogP contribution in [0.1, 0.15) is 52.0 Å². The number of Topliss-reactive ketones (excluding diaryl/α,β-unsaturated/α-hetero) is 1. The van der Waals surface area contributed by atoms with E-state index in [9.17, 15) is 17.8 Å². The van der Waals surface area contributed by atoms with Gasteiger partial charge in [0.15, 0.2) is 17.3 Å². The molecule has 0 saturated heterocycles. The van der Waals surface area contributed by atoms with Crippen LogP contribution in [-0.2, 0) is 14.9 Å². The van der Waals surface area contributed by atoms with Gasteiger partial charge in [-0.15, -0.1) is 0 Å². The normalized spacial score (nSPS) is 26.9. The van der Waals surface area contributed by atoms with Gasteiger partial charge < -0.3 is 9.47 Å². The predicted molar refractivity (Wildman–Crippen MR) is 112 cm³/mol. The van der Waals surface area contributed by atoms with Crippen LogP contribution in [0.15, 0.2) is 23.8 Å². The topological polar surface area (TPSA) is 89.9 Å². The van der Waals surface area contributed by atoms with Crippen LogP contribution in [0.3, 0.4) is 0 Å². The van der Waals surface area contributed by atoms with E-state index >= 15 is 0 Å². The second-order valence-electron chi connectivity index (χ2n) is 8.66. The second kappa shape index (κ2) is 7.76. The zero-order chi connectivity index (χ0) is 21.4. The Balaban J connectivity index is 1.94. The molecule has 1 N–H and O–H groups in total. The average Bonchev–Trinajstić information content (AvgIpc) is 2.96. The molecule has 29 heavy (non-hydrogen) atoms. The Kier molecular flexibility index (Phi) is 5.84. The third kappa shape index (κ3) is 3.82. The first-order valence-corrected chi connectivity index (χ1v) is 11.7. The molecule has 0 amide bonds. The van der Waals surface area contributed by atoms with Crippen molar-refractivity contribution in [2.24, 2.45) is 16.7 Å². The fourth-order valence-corrected chi connectivity index (χ4v) is 6.26. The van der Waals surface area contributed by atoms with Crippen LogP contribution >= 0.6 is 0 Å². The van der Waals surface area contributed by atoms with Gasteiger partial charge in [0.2, 0.25) is 0 Å². The molecule has 0 aliphatic heterocycles. The summed E-state index contributed by atoms with van der Waals surface area (Å²) in [6, 6.07) is 5.53. The van der Waals surface area contributed by atoms with E-state index in [1.165, 1.54) is 0 Å². The number of fused-ring (bicyclic) bond motifs is 2. The summed E-state index contributed by atoms with van der Waals surface area (Å²) in [5.74, 6) is 0.526. The molecule has 0 radical (unpaired) electrons. The van der Waals surface area contributed by atoms with Crippen molar-refractivity contribution in [3.63, 3.8) is 0 Å². The maximum atomic E-state index is 13.3. The zero-order valence-corrected chi connectivity index (χ0v) is 18.3. The van der Waals surface area contributed by atoms with Gasteiger partial charge in [0, 0.05) is 5.57 Å². The Morgan fingerprint density at radius 1 is 1.28 bits per heavy atom. The first kappa shape index (κ1) is 21.8. The number of hydrogen-bond acceptors (Lipinski definition) is 5. The molecule has 1 aromatic carbocycles. The highest BCUT2D eigenvalue weighted by molar-refractivity contribution is 7.85. The van der Waals surface area contributed by atoms with Gasteiger partial charge in [0.1, 0.15) is 0 Å². The molecule has 2 unspecified atom stereocenters. The van der Waals surface area contributed by atoms with Gasteiger partial charge in [-0.1, -0.05) is 33.3 Å². The van der Waals surface area contributed by atoms with Crippen LogP contribution in [0.2, 0.25) is 0 Å². The molecule has 6 nitrogen and oxygen atoms in total. The fraction of sp³-hybridized carbons (Fsp3) is 0.591. The molecule has 0 heterocycles. The lowest BCUT2D eigenvalue weighted by atomic mass is 9.70. The quantitative estimate of drug-likeness (QED) is 0.384. The van der Waals surface area contributed by atoms with Crippen LogP contribution in [0.25, 0.3) is 6.08 Å². The first-order chi connectivity index (χ1) is 13.6. The summed E-state index contributed by atoms with van der Waals surface area (Å²) in [5.41, 5.74) is -0.159. The molecule has 7 heteroatoms. The smallest absolute Gasteiger partial charge is 0.265 e. The van der Waals surface area contributed by atoms with Gasteiger partial charge >= 0.3 is 0 Å². The van der Waals surface area contributed by atoms with E-state index in [0.29, 0.717) is 30.1 Å². The summed E-state index contributed by atoms with van der Waals surface area (Å²) in [6.07, 6.45) is 5.04. The van der Waals surface area contributed by atoms with Crippen LogP contribution < -0.4 is 9.47 Å². The number of hydrogen-bond donors (Lipinski definition) is 1. The van der Waals surface area contributed by atoms with Gasteiger partial charge in [0.05, 0.1) is 24.9 Å². The SMILES string of the molecule is CCCCOc1ccc(C=C2C(=O)C3(CS(=O)(=O)O)CCC2C3(C)C)cc1OC. The standard InChI is InChI=1S/C22H30O6S/c1-5-6-11-28-18-8-7-15(13-19(18)27-4)12-16-17-9-10-22(20(16)23,21(17,2)3)14-29(24,25)26/h7-8,12-13,17H,5-6,9-11,14H2,1-4H3,(H,24,25,26). The van der Waals surface area contributed by atoms with Crippen molar-refractivity contribution in [3.8, 4) is 11.5 Å². The van der Waals surface area contributed by atoms with Crippen molar-refractivity contribution in [2.45, 2.75) is 46.5 Å². The van der Waals surface area contributed by atoms with E-state index in [2.05, 4.69) is 6.92 Å². The number of rotatable bonds is 8. The highest BCUT2D eigenvalue weighted by Crippen LogP contribution is 2.66. The van der Waals surface area contributed by atoms with Gasteiger partial charge in [-0.05, 0) is 54.4 Å². The summed E-state index contributed by atoms with van der Waals surface area (Å²) in [4.78, 5) is 13.3. The van der Waals surface area contributed by atoms with E-state index in [-0.39, 0.29) is 11.7 Å². The molecular weight excluding hydrogens is 392 g/mol. The van der Waals surface area contributed by atoms with Crippen molar-refractivity contribution in [1.82, 2.24) is 0 Å². The van der Waals surface area contributed by atoms with E-state index in [0.717, 1.165) is 24.8 Å². The number of carbonyl (C=O) groups is 1. The number of benzene rings is 1. The molecule has 1 aromatic rings. The van der Waals surface area contributed by atoms with E-state index in [4.69, 9.17) is 9.47 Å². The van der Waals surface area contributed by atoms with Gasteiger partial charge in [-0.3, -0.25) is 9.35 Å². The van der Waals surface area contributed by atoms with Crippen molar-refractivity contribution in [3.05, 3.63) is 29.3 Å². The maximum absolute atomic E-state index is 13.3. The molecule has 2 saturated carbocycles. The monoisotopic (exact) mass is 422 g/mol. The fourth-order valence-electron chi connectivity index (χ4n) is 4.99. The summed E-state index contributed by atoms with van der Waals surface area (Å²) in [5, 5.41) is 0. The largest absolute Gasteiger partial charge is 0.493 e. The lowest BCUT2D eigenvalue weighted by Crippen LogP contribution is -2.42. The number of ketones is 1. The Morgan fingerprint density at radius 3 is 2.62 bits per heavy atom. The molecule has 3 rings (SSSR count). The summed E-state index contributed by atoms with van der Waals surface area (Å²) in [7, 11) is -2.69. The summed E-state index contributed by atoms with van der Waals surface area (Å²) >= 11 is 0. The third-order valence-electron chi connectivity index (χ3n) is 6.73. The Morgan fingerprint density at radius 2 is 2.00 bits per heavy atom. The molecule has 2 fully saturated rings. The van der Waals surface area contributed by atoms with Gasteiger partial charge in [0.25, 0.3) is 10.1 Å². The number of carbonyl (C=O) groups excluding carboxylic acids is 1. The number of methoxy groups -OCH3 is 1. The molecule has 160 valence electrons. The predicted octanol–water partition coefficient (Wildman–Crippen LogP) is 4.15. The average molecular weight is 423 g/mol. The van der Waals surface area contributed by atoms with Crippen LogP contribution in [0, 0.1) is 16.7 Å². The Hall–Kier alpha value is -1.86. The van der Waals surface area contributed by atoms with Crippen molar-refractivity contribution < 1.29 is 27.2 Å². The van der Waals surface area contributed by atoms with Gasteiger partial charge in [-0.2, -0.15) is 8.42 Å². The first-order valence-electron chi connectivity index (χ1n) is 10.1. The van der Waals surface area contributed by atoms with Crippen molar-refractivity contribution in [2.75, 3.05) is 19.5 Å². The minimum Gasteiger partial charge on any atom is -0.493 e. The molecule has 2 atom stereocenters. The summed E-state index contributed by atoms with van der Waals surface area (Å²) < 4.78 is 44.0. The van der Waals surface area contributed by atoms with Gasteiger partial charge in [-0.25, -0.2) is 0 Å². The molecule has 0 aromatic heterocycles. The number of allylic oxidation sites excluding steroid dienone is 1. The lowest BCUT2D eigenvalue weighted by Gasteiger charge is -2.34. The lowest BCUT2D eigenvalue weighted by molar-refractivity contribution is -0.125. The van der Waals surface area contributed by atoms with E-state index in [1.807, 2.05) is 38.1 Å². The van der Waals surface area contributed by atoms with Crippen LogP contribution in [0.4, 0.5) is 0 Å². The molecule has 0 spiro atoms. The van der Waals surface area contributed by atoms with E-state index < -0.39 is 26.7 Å². The zero-order valence-electron chi connectivity index (χ0n) is 17.5. The second-order valence-corrected chi connectivity index (χ2v) is 10.1. The summed E-state index contributed by atoms with van der Waals surface area (Å²) in [6.45, 7) is 6.57. The Labute approximate surface area is 173 Å². The van der Waals surface area contributed by atoms with Crippen LogP contribution in [-0.4, -0.2) is 38.2 Å². The molecular formula is C22H30O6S. The van der Waals surface area contributed by atoms with Crippen molar-refractivity contribution in [1.29, 1.82) is 0 Å².